The smallest absolute Gasteiger partial charge is 0.257 e. The van der Waals surface area contributed by atoms with Crippen LogP contribution in [-0.2, 0) is 6.42 Å². The molecule has 3 rings (SSSR count). The highest BCUT2D eigenvalue weighted by molar-refractivity contribution is 6.04. The van der Waals surface area contributed by atoms with Crippen molar-refractivity contribution in [1.29, 1.82) is 0 Å². The molecule has 0 aliphatic rings. The van der Waals surface area contributed by atoms with E-state index in [1.54, 1.807) is 30.3 Å². The normalized spacial score (nSPS) is 11.1. The van der Waals surface area contributed by atoms with Crippen molar-refractivity contribution in [3.05, 3.63) is 59.4 Å². The van der Waals surface area contributed by atoms with Crippen LogP contribution in [0.3, 0.4) is 0 Å². The van der Waals surface area contributed by atoms with Gasteiger partial charge in [0.1, 0.15) is 11.5 Å². The number of carbonyl (C=O) groups excluding carboxylic acids is 2. The Kier molecular flexibility index (Phi) is 6.91. The number of pyridine rings is 1. The molecule has 2 amide bonds. The lowest BCUT2D eigenvalue weighted by Gasteiger charge is -2.25. The largest absolute Gasteiger partial charge is 0.366 e. The number of anilines is 2. The molecule has 0 bridgehead atoms. The van der Waals surface area contributed by atoms with Crippen LogP contribution in [0.5, 0.6) is 0 Å². The third-order valence-electron chi connectivity index (χ3n) is 5.19. The summed E-state index contributed by atoms with van der Waals surface area (Å²) >= 11 is 0. The highest BCUT2D eigenvalue weighted by Crippen LogP contribution is 2.24. The summed E-state index contributed by atoms with van der Waals surface area (Å²) in [6.45, 7) is 6.85. The number of hydrogen-bond donors (Lipinski definition) is 2. The summed E-state index contributed by atoms with van der Waals surface area (Å²) in [5.74, 6) is 0.294. The number of hydrogen-bond acceptors (Lipinski definition) is 5. The average Bonchev–Trinajstić information content (AvgIpc) is 3.12. The van der Waals surface area contributed by atoms with Gasteiger partial charge in [0, 0.05) is 37.1 Å². The van der Waals surface area contributed by atoms with E-state index >= 15 is 0 Å². The maximum Gasteiger partial charge on any atom is 0.257 e. The van der Waals surface area contributed by atoms with E-state index in [2.05, 4.69) is 43.1 Å². The number of likely N-dealkylation sites (N-methyl/N-ethyl adjacent to an activating group) is 2. The highest BCUT2D eigenvalue weighted by atomic mass is 16.2. The molecule has 8 heteroatoms. The zero-order valence-electron chi connectivity index (χ0n) is 18.6. The summed E-state index contributed by atoms with van der Waals surface area (Å²) in [6, 6.07) is 10.1. The van der Waals surface area contributed by atoms with Crippen LogP contribution < -0.4 is 16.0 Å². The molecule has 8 nitrogen and oxygen atoms in total. The van der Waals surface area contributed by atoms with Crippen molar-refractivity contribution in [2.24, 2.45) is 5.73 Å². The quantitative estimate of drug-likeness (QED) is 0.553. The van der Waals surface area contributed by atoms with E-state index in [1.165, 1.54) is 0 Å². The first-order chi connectivity index (χ1) is 14.8. The van der Waals surface area contributed by atoms with Crippen molar-refractivity contribution in [3.63, 3.8) is 0 Å². The second-order valence-electron chi connectivity index (χ2n) is 7.66. The molecule has 0 aliphatic heterocycles. The van der Waals surface area contributed by atoms with Crippen molar-refractivity contribution < 1.29 is 9.59 Å². The van der Waals surface area contributed by atoms with Crippen LogP contribution in [0.2, 0.25) is 0 Å². The second kappa shape index (κ2) is 9.61. The summed E-state index contributed by atoms with van der Waals surface area (Å²) < 4.78 is 2.00. The Bertz CT molecular complexity index is 1070. The Morgan fingerprint density at radius 1 is 1.03 bits per heavy atom. The molecule has 0 saturated heterocycles. The summed E-state index contributed by atoms with van der Waals surface area (Å²) in [6.07, 6.45) is 2.64. The standard InChI is InChI=1S/C23H30N6O2/c1-5-19-23(28(6-2)14-13-27(3)4)29-15-17(9-12-20(29)26-19)22(31)25-18-10-7-16(8-11-18)21(24)30/h7-12,15H,5-6,13-14H2,1-4H3,(H2,24,30)(H,25,31). The monoisotopic (exact) mass is 422 g/mol. The Morgan fingerprint density at radius 2 is 1.71 bits per heavy atom. The fourth-order valence-corrected chi connectivity index (χ4v) is 3.44. The Hall–Kier alpha value is -3.39. The van der Waals surface area contributed by atoms with Gasteiger partial charge in [0.2, 0.25) is 5.91 Å². The van der Waals surface area contributed by atoms with E-state index in [4.69, 9.17) is 10.7 Å². The average molecular weight is 423 g/mol. The zero-order chi connectivity index (χ0) is 22.5. The number of nitrogens with zero attached hydrogens (tertiary/aromatic N) is 4. The number of aromatic nitrogens is 2. The zero-order valence-corrected chi connectivity index (χ0v) is 18.6. The number of carbonyl (C=O) groups is 2. The molecule has 0 saturated carbocycles. The molecule has 31 heavy (non-hydrogen) atoms. The molecule has 0 atom stereocenters. The number of benzene rings is 1. The first kappa shape index (κ1) is 22.3. The second-order valence-corrected chi connectivity index (χ2v) is 7.66. The van der Waals surface area contributed by atoms with Crippen LogP contribution in [0.15, 0.2) is 42.6 Å². The number of imidazole rings is 1. The van der Waals surface area contributed by atoms with Crippen molar-refractivity contribution >= 4 is 29.0 Å². The first-order valence-electron chi connectivity index (χ1n) is 10.5. The van der Waals surface area contributed by atoms with Crippen LogP contribution in [0.4, 0.5) is 11.5 Å². The van der Waals surface area contributed by atoms with Crippen molar-refractivity contribution in [2.75, 3.05) is 43.9 Å². The number of aryl methyl sites for hydroxylation is 1. The van der Waals surface area contributed by atoms with Gasteiger partial charge in [0.05, 0.1) is 11.3 Å². The molecule has 3 aromatic rings. The van der Waals surface area contributed by atoms with Crippen molar-refractivity contribution in [3.8, 4) is 0 Å². The summed E-state index contributed by atoms with van der Waals surface area (Å²) in [7, 11) is 4.11. The predicted molar refractivity (Wildman–Crippen MR) is 124 cm³/mol. The lowest BCUT2D eigenvalue weighted by Crippen LogP contribution is -2.33. The molecule has 0 unspecified atom stereocenters. The number of amides is 2. The van der Waals surface area contributed by atoms with Gasteiger partial charge in [0.25, 0.3) is 5.91 Å². The predicted octanol–water partition coefficient (Wildman–Crippen LogP) is 2.64. The molecule has 1 aromatic carbocycles. The van der Waals surface area contributed by atoms with Crippen LogP contribution >= 0.6 is 0 Å². The molecular weight excluding hydrogens is 392 g/mol. The van der Waals surface area contributed by atoms with Crippen LogP contribution in [0.1, 0.15) is 40.3 Å². The topological polar surface area (TPSA) is 96.0 Å². The van der Waals surface area contributed by atoms with Gasteiger partial charge in [-0.3, -0.25) is 14.0 Å². The Morgan fingerprint density at radius 3 is 2.29 bits per heavy atom. The van der Waals surface area contributed by atoms with E-state index in [9.17, 15) is 9.59 Å². The number of nitrogens with one attached hydrogen (secondary N) is 1. The van der Waals surface area contributed by atoms with Gasteiger partial charge in [-0.05, 0) is 63.8 Å². The third kappa shape index (κ3) is 5.03. The van der Waals surface area contributed by atoms with Crippen LogP contribution in [0.25, 0.3) is 5.65 Å². The molecule has 0 spiro atoms. The maximum atomic E-state index is 12.9. The van der Waals surface area contributed by atoms with Gasteiger partial charge in [-0.1, -0.05) is 6.92 Å². The van der Waals surface area contributed by atoms with Gasteiger partial charge in [-0.25, -0.2) is 4.98 Å². The lowest BCUT2D eigenvalue weighted by molar-refractivity contribution is 0.0998. The number of primary amides is 1. The molecule has 0 aliphatic carbocycles. The number of nitrogens with two attached hydrogens (primary N) is 1. The van der Waals surface area contributed by atoms with E-state index in [0.717, 1.165) is 43.2 Å². The first-order valence-corrected chi connectivity index (χ1v) is 10.5. The molecule has 2 heterocycles. The van der Waals surface area contributed by atoms with Gasteiger partial charge >= 0.3 is 0 Å². The van der Waals surface area contributed by atoms with Crippen molar-refractivity contribution in [1.82, 2.24) is 14.3 Å². The number of rotatable bonds is 9. The SMILES string of the molecule is CCc1nc2ccc(C(=O)Nc3ccc(C(N)=O)cc3)cn2c1N(CC)CCN(C)C. The fraction of sp³-hybridized carbons (Fsp3) is 0.348. The Labute approximate surface area is 182 Å². The highest BCUT2D eigenvalue weighted by Gasteiger charge is 2.18. The molecular formula is C23H30N6O2. The van der Waals surface area contributed by atoms with Crippen LogP contribution in [0, 0.1) is 0 Å². The summed E-state index contributed by atoms with van der Waals surface area (Å²) in [4.78, 5) is 33.3. The van der Waals surface area contributed by atoms with E-state index in [-0.39, 0.29) is 5.91 Å². The minimum absolute atomic E-state index is 0.234. The third-order valence-corrected chi connectivity index (χ3v) is 5.19. The van der Waals surface area contributed by atoms with E-state index < -0.39 is 5.91 Å². The van der Waals surface area contributed by atoms with Gasteiger partial charge in [-0.2, -0.15) is 0 Å². The van der Waals surface area contributed by atoms with E-state index in [1.807, 2.05) is 16.7 Å². The number of fused-ring (bicyclic) bond motifs is 1. The van der Waals surface area contributed by atoms with Crippen molar-refractivity contribution in [2.45, 2.75) is 20.3 Å². The van der Waals surface area contributed by atoms with Gasteiger partial charge in [-0.15, -0.1) is 0 Å². The maximum absolute atomic E-state index is 12.9. The summed E-state index contributed by atoms with van der Waals surface area (Å²) in [5, 5.41) is 2.87. The molecule has 3 N–H and O–H groups in total. The van der Waals surface area contributed by atoms with Gasteiger partial charge in [0.15, 0.2) is 0 Å². The molecule has 0 radical (unpaired) electrons. The minimum atomic E-state index is -0.502. The van der Waals surface area contributed by atoms with Crippen LogP contribution in [-0.4, -0.2) is 59.8 Å². The lowest BCUT2D eigenvalue weighted by atomic mass is 10.2. The fourth-order valence-electron chi connectivity index (χ4n) is 3.44. The van der Waals surface area contributed by atoms with Gasteiger partial charge < -0.3 is 20.9 Å². The summed E-state index contributed by atoms with van der Waals surface area (Å²) in [5.41, 5.74) is 8.61. The van der Waals surface area contributed by atoms with E-state index in [0.29, 0.717) is 16.8 Å². The minimum Gasteiger partial charge on any atom is -0.366 e. The molecule has 164 valence electrons. The molecule has 2 aromatic heterocycles. The Balaban J connectivity index is 1.91. The molecule has 0 fully saturated rings.